The van der Waals surface area contributed by atoms with Gasteiger partial charge in [-0.1, -0.05) is 51.1 Å². The van der Waals surface area contributed by atoms with E-state index in [-0.39, 0.29) is 17.1 Å². The van der Waals surface area contributed by atoms with Gasteiger partial charge in [-0.3, -0.25) is 4.79 Å². The van der Waals surface area contributed by atoms with Crippen LogP contribution in [0, 0.1) is 11.3 Å². The van der Waals surface area contributed by atoms with E-state index in [0.29, 0.717) is 19.3 Å². The third kappa shape index (κ3) is 5.76. The van der Waals surface area contributed by atoms with E-state index in [1.54, 1.807) is 0 Å². The maximum Gasteiger partial charge on any atom is 0.134 e. The lowest BCUT2D eigenvalue weighted by molar-refractivity contribution is -0.124. The fourth-order valence-corrected chi connectivity index (χ4v) is 2.04. The van der Waals surface area contributed by atoms with Crippen LogP contribution in [-0.4, -0.2) is 12.1 Å². The van der Waals surface area contributed by atoms with Crippen molar-refractivity contribution in [1.82, 2.24) is 0 Å². The molecule has 0 N–H and O–H groups in total. The van der Waals surface area contributed by atoms with Crippen molar-refractivity contribution in [2.75, 3.05) is 0 Å². The third-order valence-electron chi connectivity index (χ3n) is 2.75. The van der Waals surface area contributed by atoms with E-state index < -0.39 is 0 Å². The Kier molecular flexibility index (Phi) is 5.26. The minimum atomic E-state index is -0.192. The molecule has 0 bridgehead atoms. The molecular weight excluding hydrogens is 224 g/mol. The Bertz CT molecular complexity index is 387. The summed E-state index contributed by atoms with van der Waals surface area (Å²) < 4.78 is 0. The van der Waals surface area contributed by atoms with Gasteiger partial charge in [0, 0.05) is 18.8 Å². The van der Waals surface area contributed by atoms with E-state index in [0.717, 1.165) is 11.8 Å². The summed E-state index contributed by atoms with van der Waals surface area (Å²) >= 11 is 0. The molecule has 0 heterocycles. The molecule has 2 heteroatoms. The number of ketones is 1. The maximum absolute atomic E-state index is 11.9. The average Bonchev–Trinajstić information content (AvgIpc) is 2.27. The molecular formula is C16H22O2. The van der Waals surface area contributed by atoms with Crippen molar-refractivity contribution in [1.29, 1.82) is 0 Å². The number of Topliss-reactive ketones (excluding diaryl/α,β-unsaturated/α-hetero) is 1. The SMILES string of the molecule is CC(C)(C)CC(=O)C[C@H](C=O)Cc1ccccc1. The second-order valence-corrected chi connectivity index (χ2v) is 6.07. The molecule has 18 heavy (non-hydrogen) atoms. The molecule has 0 aliphatic heterocycles. The fourth-order valence-electron chi connectivity index (χ4n) is 2.04. The Morgan fingerprint density at radius 2 is 1.83 bits per heavy atom. The monoisotopic (exact) mass is 246 g/mol. The van der Waals surface area contributed by atoms with E-state index in [4.69, 9.17) is 0 Å². The van der Waals surface area contributed by atoms with Crippen molar-refractivity contribution in [3.8, 4) is 0 Å². The van der Waals surface area contributed by atoms with E-state index in [1.807, 2.05) is 51.1 Å². The van der Waals surface area contributed by atoms with Crippen LogP contribution < -0.4 is 0 Å². The molecule has 98 valence electrons. The van der Waals surface area contributed by atoms with Crippen molar-refractivity contribution in [2.24, 2.45) is 11.3 Å². The van der Waals surface area contributed by atoms with Gasteiger partial charge >= 0.3 is 0 Å². The van der Waals surface area contributed by atoms with Crippen molar-refractivity contribution in [3.05, 3.63) is 35.9 Å². The quantitative estimate of drug-likeness (QED) is 0.720. The van der Waals surface area contributed by atoms with Crippen LogP contribution in [0.1, 0.15) is 39.2 Å². The normalized spacial score (nSPS) is 13.1. The van der Waals surface area contributed by atoms with Crippen LogP contribution >= 0.6 is 0 Å². The molecule has 2 nitrogen and oxygen atoms in total. The van der Waals surface area contributed by atoms with Crippen LogP contribution in [0.5, 0.6) is 0 Å². The van der Waals surface area contributed by atoms with Gasteiger partial charge < -0.3 is 4.79 Å². The van der Waals surface area contributed by atoms with E-state index in [2.05, 4.69) is 0 Å². The van der Waals surface area contributed by atoms with Crippen molar-refractivity contribution in [2.45, 2.75) is 40.0 Å². The topological polar surface area (TPSA) is 34.1 Å². The second-order valence-electron chi connectivity index (χ2n) is 6.07. The smallest absolute Gasteiger partial charge is 0.134 e. The highest BCUT2D eigenvalue weighted by Gasteiger charge is 2.19. The lowest BCUT2D eigenvalue weighted by Gasteiger charge is -2.18. The van der Waals surface area contributed by atoms with E-state index in [9.17, 15) is 9.59 Å². The van der Waals surface area contributed by atoms with Gasteiger partial charge in [-0.25, -0.2) is 0 Å². The highest BCUT2D eigenvalue weighted by atomic mass is 16.1. The molecule has 0 fully saturated rings. The molecule has 1 aromatic rings. The highest BCUT2D eigenvalue weighted by Crippen LogP contribution is 2.21. The Labute approximate surface area is 109 Å². The van der Waals surface area contributed by atoms with Crippen LogP contribution in [0.3, 0.4) is 0 Å². The lowest BCUT2D eigenvalue weighted by atomic mass is 9.86. The standard InChI is InChI=1S/C16H22O2/c1-16(2,3)11-15(18)10-14(12-17)9-13-7-5-4-6-8-13/h4-8,12,14H,9-11H2,1-3H3/t14-/m1/s1. The Morgan fingerprint density at radius 3 is 2.33 bits per heavy atom. The molecule has 0 aromatic heterocycles. The molecule has 1 aromatic carbocycles. The number of hydrogen-bond acceptors (Lipinski definition) is 2. The third-order valence-corrected chi connectivity index (χ3v) is 2.75. The largest absolute Gasteiger partial charge is 0.303 e. The van der Waals surface area contributed by atoms with Gasteiger partial charge in [0.15, 0.2) is 0 Å². The number of carbonyl (C=O) groups is 2. The lowest BCUT2D eigenvalue weighted by Crippen LogP contribution is -2.18. The summed E-state index contributed by atoms with van der Waals surface area (Å²) in [5, 5.41) is 0. The van der Waals surface area contributed by atoms with Crippen molar-refractivity contribution >= 4 is 12.1 Å². The van der Waals surface area contributed by atoms with Gasteiger partial charge in [0.1, 0.15) is 12.1 Å². The first-order valence-corrected chi connectivity index (χ1v) is 6.41. The number of aldehydes is 1. The molecule has 0 spiro atoms. The summed E-state index contributed by atoms with van der Waals surface area (Å²) in [5.41, 5.74) is 1.11. The van der Waals surface area contributed by atoms with Crippen LogP contribution in [0.25, 0.3) is 0 Å². The fraction of sp³-hybridized carbons (Fsp3) is 0.500. The first-order valence-electron chi connectivity index (χ1n) is 6.41. The summed E-state index contributed by atoms with van der Waals surface area (Å²) in [7, 11) is 0. The molecule has 1 rings (SSSR count). The van der Waals surface area contributed by atoms with E-state index in [1.165, 1.54) is 0 Å². The summed E-state index contributed by atoms with van der Waals surface area (Å²) in [5.74, 6) is -0.0159. The molecule has 0 radical (unpaired) electrons. The van der Waals surface area contributed by atoms with E-state index >= 15 is 0 Å². The average molecular weight is 246 g/mol. The number of carbonyl (C=O) groups excluding carboxylic acids is 2. The van der Waals surface area contributed by atoms with Crippen molar-refractivity contribution in [3.63, 3.8) is 0 Å². The minimum absolute atomic E-state index is 0.00271. The first kappa shape index (κ1) is 14.6. The van der Waals surface area contributed by atoms with Crippen LogP contribution in [0.2, 0.25) is 0 Å². The number of benzene rings is 1. The van der Waals surface area contributed by atoms with Gasteiger partial charge in [0.25, 0.3) is 0 Å². The predicted octanol–water partition coefficient (Wildman–Crippen LogP) is 3.44. The molecule has 1 atom stereocenters. The Hall–Kier alpha value is -1.44. The van der Waals surface area contributed by atoms with Gasteiger partial charge in [0.2, 0.25) is 0 Å². The Morgan fingerprint density at radius 1 is 1.22 bits per heavy atom. The predicted molar refractivity (Wildman–Crippen MR) is 73.4 cm³/mol. The number of rotatable bonds is 6. The molecule has 0 aliphatic carbocycles. The molecule has 0 unspecified atom stereocenters. The summed E-state index contributed by atoms with van der Waals surface area (Å²) in [6.07, 6.45) is 2.45. The first-order chi connectivity index (χ1) is 8.40. The van der Waals surface area contributed by atoms with Gasteiger partial charge in [-0.2, -0.15) is 0 Å². The van der Waals surface area contributed by atoms with Gasteiger partial charge in [-0.05, 0) is 17.4 Å². The van der Waals surface area contributed by atoms with Gasteiger partial charge in [-0.15, -0.1) is 0 Å². The summed E-state index contributed by atoms with van der Waals surface area (Å²) in [6.45, 7) is 6.12. The maximum atomic E-state index is 11.9. The molecule has 0 amide bonds. The van der Waals surface area contributed by atoms with Gasteiger partial charge in [0.05, 0.1) is 0 Å². The zero-order valence-electron chi connectivity index (χ0n) is 11.5. The summed E-state index contributed by atoms with van der Waals surface area (Å²) in [6, 6.07) is 9.84. The zero-order chi connectivity index (χ0) is 13.6. The second kappa shape index (κ2) is 6.48. The minimum Gasteiger partial charge on any atom is -0.303 e. The Balaban J connectivity index is 2.53. The van der Waals surface area contributed by atoms with Crippen LogP contribution in [0.4, 0.5) is 0 Å². The highest BCUT2D eigenvalue weighted by molar-refractivity contribution is 5.81. The molecule has 0 saturated carbocycles. The number of hydrogen-bond donors (Lipinski definition) is 0. The van der Waals surface area contributed by atoms with Crippen LogP contribution in [-0.2, 0) is 16.0 Å². The molecule has 0 saturated heterocycles. The van der Waals surface area contributed by atoms with Crippen LogP contribution in [0.15, 0.2) is 30.3 Å². The zero-order valence-corrected chi connectivity index (χ0v) is 11.5. The van der Waals surface area contributed by atoms with Crippen molar-refractivity contribution < 1.29 is 9.59 Å². The summed E-state index contributed by atoms with van der Waals surface area (Å²) in [4.78, 5) is 22.9. The molecule has 0 aliphatic rings.